The third-order valence-electron chi connectivity index (χ3n) is 4.09. The molecule has 2 N–H and O–H groups in total. The highest BCUT2D eigenvalue weighted by Crippen LogP contribution is 2.45. The summed E-state index contributed by atoms with van der Waals surface area (Å²) in [6, 6.07) is 2.13. The molecule has 3 nitrogen and oxygen atoms in total. The van der Waals surface area contributed by atoms with Crippen LogP contribution in [-0.2, 0) is 0 Å². The molecule has 0 aromatic carbocycles. The van der Waals surface area contributed by atoms with E-state index in [1.165, 1.54) is 6.42 Å². The molecule has 0 aliphatic heterocycles. The fourth-order valence-corrected chi connectivity index (χ4v) is 3.91. The van der Waals surface area contributed by atoms with Gasteiger partial charge in [-0.3, -0.25) is 4.79 Å². The minimum absolute atomic E-state index is 0.0530. The van der Waals surface area contributed by atoms with E-state index in [-0.39, 0.29) is 11.9 Å². The molecule has 0 spiro atoms. The van der Waals surface area contributed by atoms with Gasteiger partial charge in [-0.1, -0.05) is 27.7 Å². The van der Waals surface area contributed by atoms with Crippen molar-refractivity contribution in [3.8, 4) is 0 Å². The highest BCUT2D eigenvalue weighted by atomic mass is 16.1. The van der Waals surface area contributed by atoms with Crippen LogP contribution in [0.25, 0.3) is 0 Å². The number of hydrogen-bond acceptors (Lipinski definition) is 1. The van der Waals surface area contributed by atoms with Crippen LogP contribution in [-0.4, -0.2) is 16.9 Å². The molecular weight excluding hydrogens is 236 g/mol. The lowest BCUT2D eigenvalue weighted by Gasteiger charge is -2.45. The second-order valence-electron chi connectivity index (χ2n) is 7.60. The van der Waals surface area contributed by atoms with Crippen LogP contribution in [0.15, 0.2) is 12.3 Å². The first-order valence-corrected chi connectivity index (χ1v) is 7.13. The number of H-pyrrole nitrogens is 1. The summed E-state index contributed by atoms with van der Waals surface area (Å²) in [5.74, 6) is 0.0530. The fourth-order valence-electron chi connectivity index (χ4n) is 3.91. The smallest absolute Gasteiger partial charge is 0.253 e. The van der Waals surface area contributed by atoms with E-state index in [2.05, 4.69) is 38.0 Å². The van der Waals surface area contributed by atoms with Crippen molar-refractivity contribution in [3.05, 3.63) is 23.5 Å². The predicted molar refractivity (Wildman–Crippen MR) is 78.2 cm³/mol. The number of rotatable bonds is 2. The van der Waals surface area contributed by atoms with Crippen molar-refractivity contribution in [1.29, 1.82) is 0 Å². The van der Waals surface area contributed by atoms with Crippen LogP contribution in [0.2, 0.25) is 0 Å². The third-order valence-corrected chi connectivity index (χ3v) is 4.09. The van der Waals surface area contributed by atoms with Crippen molar-refractivity contribution in [3.63, 3.8) is 0 Å². The molecule has 1 fully saturated rings. The summed E-state index contributed by atoms with van der Waals surface area (Å²) in [7, 11) is 0. The van der Waals surface area contributed by atoms with E-state index < -0.39 is 0 Å². The van der Waals surface area contributed by atoms with Crippen molar-refractivity contribution in [1.82, 2.24) is 10.3 Å². The third kappa shape index (κ3) is 3.40. The average molecular weight is 262 g/mol. The maximum atomic E-state index is 12.3. The molecule has 1 heterocycles. The van der Waals surface area contributed by atoms with Crippen LogP contribution in [0.5, 0.6) is 0 Å². The van der Waals surface area contributed by atoms with E-state index in [0.29, 0.717) is 10.8 Å². The molecule has 1 aliphatic rings. The molecule has 0 atom stereocenters. The lowest BCUT2D eigenvalue weighted by Crippen LogP contribution is -2.46. The summed E-state index contributed by atoms with van der Waals surface area (Å²) in [6.07, 6.45) is 5.16. The van der Waals surface area contributed by atoms with Gasteiger partial charge in [0.2, 0.25) is 0 Å². The number of carbonyl (C=O) groups is 1. The summed E-state index contributed by atoms with van der Waals surface area (Å²) >= 11 is 0. The Balaban J connectivity index is 2.07. The first-order valence-electron chi connectivity index (χ1n) is 7.13. The molecule has 0 radical (unpaired) electrons. The number of carbonyl (C=O) groups excluding carboxylic acids is 1. The van der Waals surface area contributed by atoms with Crippen molar-refractivity contribution >= 4 is 5.91 Å². The normalized spacial score (nSPS) is 22.2. The topological polar surface area (TPSA) is 44.9 Å². The van der Waals surface area contributed by atoms with E-state index in [1.54, 1.807) is 0 Å². The Morgan fingerprint density at radius 2 is 1.84 bits per heavy atom. The molecule has 2 rings (SSSR count). The number of aromatic nitrogens is 1. The van der Waals surface area contributed by atoms with E-state index in [4.69, 9.17) is 0 Å². The van der Waals surface area contributed by atoms with Gasteiger partial charge in [0.1, 0.15) is 0 Å². The zero-order valence-corrected chi connectivity index (χ0v) is 12.8. The summed E-state index contributed by atoms with van der Waals surface area (Å²) in [6.45, 7) is 11.1. The van der Waals surface area contributed by atoms with Gasteiger partial charge in [0.05, 0.1) is 5.56 Å². The van der Waals surface area contributed by atoms with Gasteiger partial charge in [0, 0.05) is 17.9 Å². The monoisotopic (exact) mass is 262 g/mol. The van der Waals surface area contributed by atoms with Crippen LogP contribution in [0.3, 0.4) is 0 Å². The molecule has 0 bridgehead atoms. The molecule has 1 aliphatic carbocycles. The minimum atomic E-state index is 0.0530. The Hall–Kier alpha value is -1.25. The van der Waals surface area contributed by atoms with Gasteiger partial charge >= 0.3 is 0 Å². The lowest BCUT2D eigenvalue weighted by atomic mass is 9.63. The average Bonchev–Trinajstić information content (AvgIpc) is 2.58. The van der Waals surface area contributed by atoms with Gasteiger partial charge < -0.3 is 10.3 Å². The maximum Gasteiger partial charge on any atom is 0.253 e. The van der Waals surface area contributed by atoms with Crippen LogP contribution < -0.4 is 5.32 Å². The van der Waals surface area contributed by atoms with Crippen LogP contribution in [0.4, 0.5) is 0 Å². The standard InChI is InChI=1S/C16H26N2O/c1-11-13(6-7-17-11)14(19)18-12-8-15(2,3)10-16(4,5)9-12/h6-7,12,17H,8-10H2,1-5H3,(H,18,19). The van der Waals surface area contributed by atoms with Gasteiger partial charge in [-0.2, -0.15) is 0 Å². The van der Waals surface area contributed by atoms with Crippen molar-refractivity contribution in [2.24, 2.45) is 10.8 Å². The van der Waals surface area contributed by atoms with Crippen LogP contribution >= 0.6 is 0 Å². The Kier molecular flexibility index (Phi) is 3.50. The molecule has 1 aromatic rings. The fraction of sp³-hybridized carbons (Fsp3) is 0.688. The zero-order valence-electron chi connectivity index (χ0n) is 12.8. The van der Waals surface area contributed by atoms with E-state index in [9.17, 15) is 4.79 Å². The molecular formula is C16H26N2O. The molecule has 19 heavy (non-hydrogen) atoms. The molecule has 3 heteroatoms. The van der Waals surface area contributed by atoms with Crippen molar-refractivity contribution in [2.75, 3.05) is 0 Å². The van der Waals surface area contributed by atoms with Crippen molar-refractivity contribution in [2.45, 2.75) is 59.9 Å². The minimum Gasteiger partial charge on any atom is -0.365 e. The Morgan fingerprint density at radius 3 is 2.32 bits per heavy atom. The first kappa shape index (κ1) is 14.2. The van der Waals surface area contributed by atoms with Gasteiger partial charge in [0.25, 0.3) is 5.91 Å². The molecule has 106 valence electrons. The Morgan fingerprint density at radius 1 is 1.26 bits per heavy atom. The quantitative estimate of drug-likeness (QED) is 0.839. The van der Waals surface area contributed by atoms with E-state index in [1.807, 2.05) is 19.2 Å². The Bertz CT molecular complexity index is 455. The number of nitrogens with one attached hydrogen (secondary N) is 2. The summed E-state index contributed by atoms with van der Waals surface area (Å²) in [5.41, 5.74) is 2.30. The van der Waals surface area contributed by atoms with Gasteiger partial charge in [-0.05, 0) is 43.1 Å². The lowest BCUT2D eigenvalue weighted by molar-refractivity contribution is 0.0713. The van der Waals surface area contributed by atoms with Crippen LogP contribution in [0.1, 0.15) is 63.0 Å². The largest absolute Gasteiger partial charge is 0.365 e. The number of amides is 1. The number of aromatic amines is 1. The molecule has 1 aromatic heterocycles. The highest BCUT2D eigenvalue weighted by molar-refractivity contribution is 5.95. The summed E-state index contributed by atoms with van der Waals surface area (Å²) in [4.78, 5) is 15.3. The number of aryl methyl sites for hydroxylation is 1. The highest BCUT2D eigenvalue weighted by Gasteiger charge is 2.39. The zero-order chi connectivity index (χ0) is 14.3. The summed E-state index contributed by atoms with van der Waals surface area (Å²) < 4.78 is 0. The van der Waals surface area contributed by atoms with E-state index >= 15 is 0 Å². The second kappa shape index (κ2) is 4.69. The summed E-state index contributed by atoms with van der Waals surface area (Å²) in [5, 5.41) is 3.21. The number of hydrogen-bond donors (Lipinski definition) is 2. The first-order chi connectivity index (χ1) is 8.69. The molecule has 0 unspecified atom stereocenters. The molecule has 1 amide bonds. The van der Waals surface area contributed by atoms with Crippen molar-refractivity contribution < 1.29 is 4.79 Å². The second-order valence-corrected chi connectivity index (χ2v) is 7.60. The Labute approximate surface area is 116 Å². The maximum absolute atomic E-state index is 12.3. The predicted octanol–water partition coefficient (Wildman–Crippen LogP) is 3.66. The van der Waals surface area contributed by atoms with Crippen LogP contribution in [0, 0.1) is 17.8 Å². The van der Waals surface area contributed by atoms with Gasteiger partial charge in [0.15, 0.2) is 0 Å². The molecule has 0 saturated heterocycles. The van der Waals surface area contributed by atoms with E-state index in [0.717, 1.165) is 24.1 Å². The SMILES string of the molecule is Cc1[nH]ccc1C(=O)NC1CC(C)(C)CC(C)(C)C1. The molecule has 1 saturated carbocycles. The van der Waals surface area contributed by atoms with Gasteiger partial charge in [-0.25, -0.2) is 0 Å². The van der Waals surface area contributed by atoms with Gasteiger partial charge in [-0.15, -0.1) is 0 Å².